The molecule has 1 nitrogen and oxygen atoms in total. The molecule has 71 valence electrons. The van der Waals surface area contributed by atoms with Gasteiger partial charge in [0, 0.05) is 26.6 Å². The normalized spacial score (nSPS) is 8.50. The molecule has 0 aliphatic carbocycles. The SMILES string of the molecule is C=Cc1[c-]c(C)c(C)[c-][n+]1CC.[Rb+].[Re]. The summed E-state index contributed by atoms with van der Waals surface area (Å²) in [6.45, 7) is 10.8. The van der Waals surface area contributed by atoms with Gasteiger partial charge in [-0.3, -0.25) is 5.56 Å². The maximum atomic E-state index is 3.74. The summed E-state index contributed by atoms with van der Waals surface area (Å²) >= 11 is 0. The molecule has 0 aliphatic rings. The maximum absolute atomic E-state index is 3.74. The van der Waals surface area contributed by atoms with Gasteiger partial charge in [0.2, 0.25) is 0 Å². The Morgan fingerprint density at radius 3 is 2.36 bits per heavy atom. The summed E-state index contributed by atoms with van der Waals surface area (Å²) in [7, 11) is 0. The molecule has 3 heteroatoms. The monoisotopic (exact) mass is 432 g/mol. The quantitative estimate of drug-likeness (QED) is 0.411. The molecule has 0 saturated heterocycles. The number of nitrogens with zero attached hydrogens (tertiary/aromatic N) is 1. The topological polar surface area (TPSA) is 3.88 Å². The predicted molar refractivity (Wildman–Crippen MR) is 49.5 cm³/mol. The van der Waals surface area contributed by atoms with Gasteiger partial charge in [-0.05, 0) is 12.6 Å². The third kappa shape index (κ3) is 4.47. The van der Waals surface area contributed by atoms with Gasteiger partial charge >= 0.3 is 58.2 Å². The van der Waals surface area contributed by atoms with Crippen LogP contribution in [-0.4, -0.2) is 0 Å². The van der Waals surface area contributed by atoms with Crippen LogP contribution in [0.5, 0.6) is 0 Å². The van der Waals surface area contributed by atoms with Gasteiger partial charge in [0.05, 0.1) is 0 Å². The summed E-state index contributed by atoms with van der Waals surface area (Å²) in [4.78, 5) is 0. The summed E-state index contributed by atoms with van der Waals surface area (Å²) in [5.41, 5.74) is 3.32. The molecule has 14 heavy (non-hydrogen) atoms. The van der Waals surface area contributed by atoms with E-state index in [2.05, 4.69) is 25.8 Å². The number of rotatable bonds is 2. The average Bonchev–Trinajstić information content (AvgIpc) is 2.09. The number of pyridine rings is 1. The van der Waals surface area contributed by atoms with Gasteiger partial charge in [0.1, 0.15) is 6.54 Å². The van der Waals surface area contributed by atoms with E-state index in [1.54, 1.807) is 0 Å². The standard InChI is InChI=1S/C11H14N.Rb.Re/c1-5-11-7-9(3)10(4)8-12(11)6-2;;/h5H,1,6H2,2-4H3;;/q-1;+1;. The molecule has 1 aromatic rings. The molecule has 1 radical (unpaired) electrons. The molecule has 0 unspecified atom stereocenters. The number of hydrogen-bond acceptors (Lipinski definition) is 0. The van der Waals surface area contributed by atoms with Crippen LogP contribution in [0.1, 0.15) is 23.7 Å². The predicted octanol–water partition coefficient (Wildman–Crippen LogP) is -1.14. The van der Waals surface area contributed by atoms with E-state index in [9.17, 15) is 0 Å². The minimum atomic E-state index is 0. The minimum Gasteiger partial charge on any atom is -0.338 e. The molecule has 1 heterocycles. The molecule has 0 bridgehead atoms. The van der Waals surface area contributed by atoms with Crippen molar-refractivity contribution < 1.29 is 83.2 Å². The van der Waals surface area contributed by atoms with Crippen LogP contribution in [-0.2, 0) is 27.0 Å². The molecular weight excluding hydrogens is 418 g/mol. The third-order valence-electron chi connectivity index (χ3n) is 1.98. The molecule has 0 spiro atoms. The minimum absolute atomic E-state index is 0. The number of hydrogen-bond donors (Lipinski definition) is 0. The van der Waals surface area contributed by atoms with Crippen molar-refractivity contribution >= 4 is 6.08 Å². The average molecular weight is 432 g/mol. The van der Waals surface area contributed by atoms with Crippen LogP contribution in [0.4, 0.5) is 0 Å². The summed E-state index contributed by atoms with van der Waals surface area (Å²) < 4.78 is 2.02. The fourth-order valence-corrected chi connectivity index (χ4v) is 1.11. The molecule has 0 amide bonds. The Balaban J connectivity index is 0. The fraction of sp³-hybridized carbons (Fsp3) is 0.364. The molecule has 1 aromatic heterocycles. The fourth-order valence-electron chi connectivity index (χ4n) is 1.11. The van der Waals surface area contributed by atoms with E-state index in [4.69, 9.17) is 0 Å². The van der Waals surface area contributed by atoms with Crippen molar-refractivity contribution in [1.82, 2.24) is 0 Å². The van der Waals surface area contributed by atoms with Crippen LogP contribution in [0.15, 0.2) is 6.58 Å². The first-order valence-electron chi connectivity index (χ1n) is 4.17. The molecular formula is C11H14NRbRe. The first kappa shape index (κ1) is 17.7. The molecule has 0 fully saturated rings. The maximum Gasteiger partial charge on any atom is 1.00 e. The zero-order valence-electron chi connectivity index (χ0n) is 9.32. The second kappa shape index (κ2) is 8.50. The first-order chi connectivity index (χ1) is 5.69. The van der Waals surface area contributed by atoms with E-state index < -0.39 is 0 Å². The van der Waals surface area contributed by atoms with Crippen LogP contribution in [0.25, 0.3) is 6.08 Å². The summed E-state index contributed by atoms with van der Waals surface area (Å²) in [5.74, 6) is 0. The van der Waals surface area contributed by atoms with Gasteiger partial charge in [-0.15, -0.1) is 13.8 Å². The van der Waals surface area contributed by atoms with Gasteiger partial charge in [-0.25, -0.2) is 6.07 Å². The van der Waals surface area contributed by atoms with Gasteiger partial charge < -0.3 is 4.57 Å². The largest absolute Gasteiger partial charge is 1.00 e. The van der Waals surface area contributed by atoms with Crippen LogP contribution in [0.3, 0.4) is 0 Å². The van der Waals surface area contributed by atoms with Crippen molar-refractivity contribution in [2.45, 2.75) is 27.3 Å². The van der Waals surface area contributed by atoms with E-state index in [1.165, 1.54) is 0 Å². The van der Waals surface area contributed by atoms with Crippen molar-refractivity contribution in [1.29, 1.82) is 0 Å². The molecule has 0 N–H and O–H groups in total. The Labute approximate surface area is 149 Å². The van der Waals surface area contributed by atoms with Crippen molar-refractivity contribution in [2.24, 2.45) is 0 Å². The molecule has 0 aliphatic heterocycles. The van der Waals surface area contributed by atoms with Crippen molar-refractivity contribution in [3.8, 4) is 0 Å². The zero-order chi connectivity index (χ0) is 9.14. The van der Waals surface area contributed by atoms with E-state index in [1.807, 2.05) is 24.5 Å². The molecule has 1 rings (SSSR count). The van der Waals surface area contributed by atoms with Crippen LogP contribution < -0.4 is 62.8 Å². The van der Waals surface area contributed by atoms with Crippen molar-refractivity contribution in [3.63, 3.8) is 0 Å². The second-order valence-corrected chi connectivity index (χ2v) is 2.82. The van der Waals surface area contributed by atoms with Crippen molar-refractivity contribution in [3.05, 3.63) is 35.7 Å². The Morgan fingerprint density at radius 1 is 1.36 bits per heavy atom. The van der Waals surface area contributed by atoms with Crippen LogP contribution >= 0.6 is 0 Å². The number of aryl methyl sites for hydroxylation is 3. The molecule has 0 saturated carbocycles. The summed E-state index contributed by atoms with van der Waals surface area (Å²) in [6, 6.07) is 3.26. The van der Waals surface area contributed by atoms with Crippen molar-refractivity contribution in [2.75, 3.05) is 0 Å². The van der Waals surface area contributed by atoms with E-state index in [0.29, 0.717) is 0 Å². The van der Waals surface area contributed by atoms with E-state index >= 15 is 0 Å². The van der Waals surface area contributed by atoms with E-state index in [-0.39, 0.29) is 78.6 Å². The summed E-state index contributed by atoms with van der Waals surface area (Å²) in [5, 5.41) is 0. The number of aromatic nitrogens is 1. The molecule has 0 aromatic carbocycles. The Kier molecular flexibility index (Phi) is 10.8. The van der Waals surface area contributed by atoms with Crippen LogP contribution in [0.2, 0.25) is 0 Å². The van der Waals surface area contributed by atoms with Gasteiger partial charge in [0.25, 0.3) is 0 Å². The third-order valence-corrected chi connectivity index (χ3v) is 1.98. The smallest absolute Gasteiger partial charge is 0.338 e. The van der Waals surface area contributed by atoms with Gasteiger partial charge in [-0.1, -0.05) is 0 Å². The molecule has 0 atom stereocenters. The van der Waals surface area contributed by atoms with Gasteiger partial charge in [-0.2, -0.15) is 18.2 Å². The Bertz CT molecular complexity index is 310. The summed E-state index contributed by atoms with van der Waals surface area (Å²) in [6.07, 6.45) is 5.07. The zero-order valence-corrected chi connectivity index (χ0v) is 16.9. The van der Waals surface area contributed by atoms with E-state index in [0.717, 1.165) is 23.4 Å². The second-order valence-electron chi connectivity index (χ2n) is 2.82. The van der Waals surface area contributed by atoms with Gasteiger partial charge in [0.15, 0.2) is 0 Å². The first-order valence-corrected chi connectivity index (χ1v) is 4.17. The Hall–Kier alpha value is 1.36. The Morgan fingerprint density at radius 2 is 1.93 bits per heavy atom. The van der Waals surface area contributed by atoms with Crippen LogP contribution in [0, 0.1) is 26.1 Å².